The maximum Gasteiger partial charge on any atom is 0.407 e. The number of hydrogen-bond acceptors (Lipinski definition) is 7. The number of aromatic nitrogens is 3. The van der Waals surface area contributed by atoms with E-state index in [0.29, 0.717) is 16.6 Å². The molecule has 2 N–H and O–H groups in total. The Morgan fingerprint density at radius 3 is 2.37 bits per heavy atom. The van der Waals surface area contributed by atoms with Gasteiger partial charge in [-0.15, -0.1) is 5.10 Å². The van der Waals surface area contributed by atoms with Gasteiger partial charge in [-0.2, -0.15) is 4.52 Å². The standard InChI is InChI=1S/C30H44Cl2N6O2S/c1-27(2,3)17-29(7,8)35-23-22(19-11-10-12-20(31)21(19)32)34-24-38(23)36-25(41-24)37-15-13-30(9,14-16-37)18-33-26(39)40-28(4,5)6/h10-12,35H,13-18H2,1-9H3,(H,33,39). The summed E-state index contributed by atoms with van der Waals surface area (Å²) in [5, 5.41) is 13.7. The second-order valence-corrected chi connectivity index (χ2v) is 16.1. The van der Waals surface area contributed by atoms with Gasteiger partial charge in [0.25, 0.3) is 0 Å². The van der Waals surface area contributed by atoms with Gasteiger partial charge in [0.1, 0.15) is 11.3 Å². The Bertz CT molecular complexity index is 1390. The number of rotatable bonds is 7. The second kappa shape index (κ2) is 11.5. The molecule has 1 fully saturated rings. The van der Waals surface area contributed by atoms with Crippen LogP contribution in [0.5, 0.6) is 0 Å². The predicted octanol–water partition coefficient (Wildman–Crippen LogP) is 8.52. The summed E-state index contributed by atoms with van der Waals surface area (Å²) in [6.07, 6.45) is 2.43. The van der Waals surface area contributed by atoms with Crippen LogP contribution in [0.1, 0.15) is 81.6 Å². The average molecular weight is 624 g/mol. The molecule has 3 heterocycles. The van der Waals surface area contributed by atoms with Crippen LogP contribution in [0.2, 0.25) is 10.0 Å². The summed E-state index contributed by atoms with van der Waals surface area (Å²) in [5.41, 5.74) is 0.893. The first kappa shape index (κ1) is 31.7. The Kier molecular flexibility index (Phi) is 8.86. The van der Waals surface area contributed by atoms with Crippen molar-refractivity contribution in [2.45, 2.75) is 92.7 Å². The largest absolute Gasteiger partial charge is 0.444 e. The number of benzene rings is 1. The van der Waals surface area contributed by atoms with Crippen molar-refractivity contribution in [3.05, 3.63) is 28.2 Å². The van der Waals surface area contributed by atoms with Crippen LogP contribution in [0.25, 0.3) is 16.2 Å². The van der Waals surface area contributed by atoms with Crippen LogP contribution >= 0.6 is 34.5 Å². The Hall–Kier alpha value is -2.23. The van der Waals surface area contributed by atoms with Crippen molar-refractivity contribution in [2.24, 2.45) is 10.8 Å². The highest BCUT2D eigenvalue weighted by molar-refractivity contribution is 7.20. The van der Waals surface area contributed by atoms with Crippen LogP contribution in [0, 0.1) is 10.8 Å². The average Bonchev–Trinajstić information content (AvgIpc) is 3.36. The van der Waals surface area contributed by atoms with Crippen molar-refractivity contribution in [1.29, 1.82) is 0 Å². The summed E-state index contributed by atoms with van der Waals surface area (Å²) in [6, 6.07) is 5.62. The minimum absolute atomic E-state index is 0.00892. The van der Waals surface area contributed by atoms with Gasteiger partial charge in [0.05, 0.1) is 10.0 Å². The van der Waals surface area contributed by atoms with E-state index < -0.39 is 5.60 Å². The third-order valence-electron chi connectivity index (χ3n) is 7.13. The number of anilines is 2. The SMILES string of the molecule is CC(C)(C)CC(C)(C)Nc1c(-c2cccc(Cl)c2Cl)nc2sc(N3CCC(C)(CNC(=O)OC(C)(C)C)CC3)nn12. The first-order valence-electron chi connectivity index (χ1n) is 14.2. The van der Waals surface area contributed by atoms with E-state index in [1.165, 1.54) is 0 Å². The number of nitrogens with one attached hydrogen (secondary N) is 2. The highest BCUT2D eigenvalue weighted by Crippen LogP contribution is 2.42. The van der Waals surface area contributed by atoms with Gasteiger partial charge in [0.2, 0.25) is 10.1 Å². The van der Waals surface area contributed by atoms with Crippen molar-refractivity contribution in [1.82, 2.24) is 19.9 Å². The van der Waals surface area contributed by atoms with Crippen LogP contribution in [0.4, 0.5) is 15.7 Å². The van der Waals surface area contributed by atoms with Gasteiger partial charge in [-0.25, -0.2) is 9.78 Å². The van der Waals surface area contributed by atoms with Gasteiger partial charge in [-0.3, -0.25) is 0 Å². The minimum Gasteiger partial charge on any atom is -0.444 e. The number of carbonyl (C=O) groups excluding carboxylic acids is 1. The molecule has 0 radical (unpaired) electrons. The van der Waals surface area contributed by atoms with Crippen molar-refractivity contribution < 1.29 is 9.53 Å². The van der Waals surface area contributed by atoms with Gasteiger partial charge >= 0.3 is 6.09 Å². The Morgan fingerprint density at radius 1 is 1.10 bits per heavy atom. The summed E-state index contributed by atoms with van der Waals surface area (Å²) < 4.78 is 7.33. The lowest BCUT2D eigenvalue weighted by Crippen LogP contribution is -2.45. The molecule has 1 saturated heterocycles. The lowest BCUT2D eigenvalue weighted by Gasteiger charge is -2.39. The molecular formula is C30H44Cl2N6O2S. The molecule has 0 atom stereocenters. The molecule has 11 heteroatoms. The number of nitrogens with zero attached hydrogens (tertiary/aromatic N) is 4. The molecule has 8 nitrogen and oxygen atoms in total. The predicted molar refractivity (Wildman–Crippen MR) is 172 cm³/mol. The molecule has 0 bridgehead atoms. The number of amides is 1. The Morgan fingerprint density at radius 2 is 1.76 bits per heavy atom. The summed E-state index contributed by atoms with van der Waals surface area (Å²) in [5.74, 6) is 0.810. The molecule has 0 aliphatic carbocycles. The molecule has 4 rings (SSSR count). The van der Waals surface area contributed by atoms with Crippen LogP contribution in [0.15, 0.2) is 18.2 Å². The number of fused-ring (bicyclic) bond motifs is 1. The van der Waals surface area contributed by atoms with Crippen LogP contribution in [0.3, 0.4) is 0 Å². The number of hydrogen-bond donors (Lipinski definition) is 2. The van der Waals surface area contributed by atoms with E-state index in [1.807, 2.05) is 37.4 Å². The van der Waals surface area contributed by atoms with E-state index >= 15 is 0 Å². The number of imidazole rings is 1. The molecule has 1 amide bonds. The van der Waals surface area contributed by atoms with Crippen LogP contribution < -0.4 is 15.5 Å². The zero-order valence-corrected chi connectivity index (χ0v) is 28.1. The molecule has 0 spiro atoms. The fourth-order valence-corrected chi connectivity index (χ4v) is 6.90. The third-order valence-corrected chi connectivity index (χ3v) is 8.92. The van der Waals surface area contributed by atoms with E-state index in [0.717, 1.165) is 59.5 Å². The van der Waals surface area contributed by atoms with Gasteiger partial charge in [-0.05, 0) is 70.8 Å². The van der Waals surface area contributed by atoms with Crippen molar-refractivity contribution in [2.75, 3.05) is 29.9 Å². The highest BCUT2D eigenvalue weighted by Gasteiger charge is 2.34. The van der Waals surface area contributed by atoms with E-state index in [2.05, 4.69) is 57.1 Å². The van der Waals surface area contributed by atoms with E-state index in [9.17, 15) is 4.79 Å². The smallest absolute Gasteiger partial charge is 0.407 e. The van der Waals surface area contributed by atoms with Crippen LogP contribution in [-0.2, 0) is 4.74 Å². The van der Waals surface area contributed by atoms with Crippen molar-refractivity contribution in [3.63, 3.8) is 0 Å². The van der Waals surface area contributed by atoms with Gasteiger partial charge < -0.3 is 20.3 Å². The van der Waals surface area contributed by atoms with Gasteiger partial charge in [0.15, 0.2) is 5.82 Å². The zero-order chi connectivity index (χ0) is 30.4. The van der Waals surface area contributed by atoms with E-state index in [1.54, 1.807) is 17.4 Å². The molecule has 1 aliphatic heterocycles. The maximum atomic E-state index is 12.2. The first-order chi connectivity index (χ1) is 18.8. The summed E-state index contributed by atoms with van der Waals surface area (Å²) in [7, 11) is 0. The monoisotopic (exact) mass is 622 g/mol. The van der Waals surface area contributed by atoms with Crippen molar-refractivity contribution in [3.8, 4) is 11.3 Å². The fourth-order valence-electron chi connectivity index (χ4n) is 5.56. The Balaban J connectivity index is 1.58. The Labute approximate surface area is 258 Å². The van der Waals surface area contributed by atoms with Crippen LogP contribution in [-0.4, -0.2) is 51.5 Å². The number of carbonyl (C=O) groups is 1. The van der Waals surface area contributed by atoms with E-state index in [-0.39, 0.29) is 22.5 Å². The molecule has 3 aromatic rings. The molecular weight excluding hydrogens is 579 g/mol. The maximum absolute atomic E-state index is 12.2. The zero-order valence-electron chi connectivity index (χ0n) is 25.7. The summed E-state index contributed by atoms with van der Waals surface area (Å²) >= 11 is 14.6. The molecule has 41 heavy (non-hydrogen) atoms. The second-order valence-electron chi connectivity index (χ2n) is 14.4. The normalized spacial score (nSPS) is 16.2. The minimum atomic E-state index is -0.510. The van der Waals surface area contributed by atoms with Gasteiger partial charge in [0, 0.05) is 30.7 Å². The molecule has 2 aromatic heterocycles. The first-order valence-corrected chi connectivity index (χ1v) is 15.8. The fraction of sp³-hybridized carbons (Fsp3) is 0.633. The number of piperidine rings is 1. The lowest BCUT2D eigenvalue weighted by molar-refractivity contribution is 0.0495. The number of ether oxygens (including phenoxy) is 1. The molecule has 226 valence electrons. The van der Waals surface area contributed by atoms with Crippen molar-refractivity contribution >= 4 is 56.5 Å². The molecule has 0 unspecified atom stereocenters. The quantitative estimate of drug-likeness (QED) is 0.275. The molecule has 1 aliphatic rings. The topological polar surface area (TPSA) is 83.8 Å². The summed E-state index contributed by atoms with van der Waals surface area (Å²) in [4.78, 5) is 20.3. The van der Waals surface area contributed by atoms with E-state index in [4.69, 9.17) is 38.0 Å². The molecule has 1 aromatic carbocycles. The lowest BCUT2D eigenvalue weighted by atomic mass is 9.80. The van der Waals surface area contributed by atoms with Gasteiger partial charge in [-0.1, -0.05) is 74.4 Å². The third kappa shape index (κ3) is 7.99. The number of alkyl carbamates (subject to hydrolysis) is 1. The highest BCUT2D eigenvalue weighted by atomic mass is 35.5. The summed E-state index contributed by atoms with van der Waals surface area (Å²) in [6.45, 7) is 21.2. The molecule has 0 saturated carbocycles. The number of halogens is 2.